The van der Waals surface area contributed by atoms with Gasteiger partial charge in [-0.05, 0) is 31.4 Å². The van der Waals surface area contributed by atoms with Crippen LogP contribution in [0.2, 0.25) is 0 Å². The Balaban J connectivity index is 1.91. The van der Waals surface area contributed by atoms with Crippen molar-refractivity contribution in [1.82, 2.24) is 0 Å². The van der Waals surface area contributed by atoms with Crippen LogP contribution < -0.4 is 0 Å². The fourth-order valence-corrected chi connectivity index (χ4v) is 2.31. The summed E-state index contributed by atoms with van der Waals surface area (Å²) in [4.78, 5) is 0. The van der Waals surface area contributed by atoms with Gasteiger partial charge in [-0.3, -0.25) is 0 Å². The van der Waals surface area contributed by atoms with Crippen molar-refractivity contribution in [3.8, 4) is 0 Å². The zero-order chi connectivity index (χ0) is 9.97. The first-order valence-corrected chi connectivity index (χ1v) is 5.50. The minimum atomic E-state index is -0.396. The van der Waals surface area contributed by atoms with Gasteiger partial charge in [0.1, 0.15) is 17.6 Å². The third kappa shape index (κ3) is 2.18. The summed E-state index contributed by atoms with van der Waals surface area (Å²) in [5.41, 5.74) is 0. The van der Waals surface area contributed by atoms with Crippen molar-refractivity contribution >= 4 is 0 Å². The van der Waals surface area contributed by atoms with Gasteiger partial charge in [0, 0.05) is 0 Å². The molecule has 0 saturated heterocycles. The molecule has 1 aliphatic carbocycles. The molecular weight excluding hydrogens is 176 g/mol. The molecule has 1 aromatic heterocycles. The van der Waals surface area contributed by atoms with E-state index in [-0.39, 0.29) is 0 Å². The first-order chi connectivity index (χ1) is 6.75. The fourth-order valence-electron chi connectivity index (χ4n) is 2.31. The number of furan rings is 1. The van der Waals surface area contributed by atoms with E-state index in [0.29, 0.717) is 5.92 Å². The second-order valence-corrected chi connectivity index (χ2v) is 4.35. The maximum Gasteiger partial charge on any atom is 0.132 e. The smallest absolute Gasteiger partial charge is 0.132 e. The predicted octanol–water partition coefficient (Wildman–Crippen LogP) is 3.20. The van der Waals surface area contributed by atoms with E-state index in [1.165, 1.54) is 25.7 Å². The Hall–Kier alpha value is -0.760. The number of aliphatic hydroxyl groups excluding tert-OH is 1. The van der Waals surface area contributed by atoms with Crippen LogP contribution in [0.4, 0.5) is 0 Å². The topological polar surface area (TPSA) is 33.4 Å². The Kier molecular flexibility index (Phi) is 2.92. The molecule has 0 aliphatic heterocycles. The molecule has 1 heterocycles. The van der Waals surface area contributed by atoms with Crippen molar-refractivity contribution < 1.29 is 9.52 Å². The summed E-state index contributed by atoms with van der Waals surface area (Å²) in [6, 6.07) is 3.79. The molecule has 0 spiro atoms. The summed E-state index contributed by atoms with van der Waals surface area (Å²) in [6.07, 6.45) is 5.68. The molecule has 2 heteroatoms. The molecule has 2 rings (SSSR count). The Bertz CT molecular complexity index is 284. The van der Waals surface area contributed by atoms with Gasteiger partial charge in [-0.15, -0.1) is 0 Å². The molecule has 0 amide bonds. The lowest BCUT2D eigenvalue weighted by Gasteiger charge is -2.12. The minimum absolute atomic E-state index is 0.396. The molecule has 1 unspecified atom stereocenters. The highest BCUT2D eigenvalue weighted by Gasteiger charge is 2.21. The number of aryl methyl sites for hydroxylation is 1. The lowest BCUT2D eigenvalue weighted by molar-refractivity contribution is 0.119. The van der Waals surface area contributed by atoms with Gasteiger partial charge in [0.2, 0.25) is 0 Å². The zero-order valence-electron chi connectivity index (χ0n) is 8.70. The Labute approximate surface area is 84.9 Å². The standard InChI is InChI=1S/C12H18O2/c1-9-6-7-12(14-9)11(13)8-10-4-2-3-5-10/h6-7,10-11,13H,2-5,8H2,1H3. The highest BCUT2D eigenvalue weighted by Crippen LogP contribution is 2.33. The molecule has 1 fully saturated rings. The number of rotatable bonds is 3. The first kappa shape index (κ1) is 9.78. The Morgan fingerprint density at radius 2 is 2.14 bits per heavy atom. The van der Waals surface area contributed by atoms with Gasteiger partial charge in [0.15, 0.2) is 0 Å². The van der Waals surface area contributed by atoms with Gasteiger partial charge in [-0.2, -0.15) is 0 Å². The number of hydrogen-bond acceptors (Lipinski definition) is 2. The average molecular weight is 194 g/mol. The van der Waals surface area contributed by atoms with E-state index in [9.17, 15) is 5.11 Å². The third-order valence-electron chi connectivity index (χ3n) is 3.12. The molecule has 78 valence electrons. The van der Waals surface area contributed by atoms with Crippen molar-refractivity contribution in [2.75, 3.05) is 0 Å². The molecule has 0 aromatic carbocycles. The van der Waals surface area contributed by atoms with E-state index in [4.69, 9.17) is 4.42 Å². The van der Waals surface area contributed by atoms with Crippen molar-refractivity contribution in [2.24, 2.45) is 5.92 Å². The highest BCUT2D eigenvalue weighted by molar-refractivity contribution is 5.08. The van der Waals surface area contributed by atoms with Crippen molar-refractivity contribution in [3.63, 3.8) is 0 Å². The van der Waals surface area contributed by atoms with E-state index < -0.39 is 6.10 Å². The van der Waals surface area contributed by atoms with E-state index in [1.54, 1.807) is 0 Å². The molecule has 1 aliphatic rings. The summed E-state index contributed by atoms with van der Waals surface area (Å²) in [5, 5.41) is 9.90. The first-order valence-electron chi connectivity index (χ1n) is 5.50. The molecule has 0 radical (unpaired) electrons. The molecule has 1 aromatic rings. The van der Waals surface area contributed by atoms with Crippen LogP contribution in [0.25, 0.3) is 0 Å². The Morgan fingerprint density at radius 3 is 2.71 bits per heavy atom. The number of aliphatic hydroxyl groups is 1. The normalized spacial score (nSPS) is 20.1. The summed E-state index contributed by atoms with van der Waals surface area (Å²) in [7, 11) is 0. The molecule has 1 saturated carbocycles. The number of hydrogen-bond donors (Lipinski definition) is 1. The van der Waals surface area contributed by atoms with Crippen molar-refractivity contribution in [3.05, 3.63) is 23.7 Å². The molecule has 0 bridgehead atoms. The molecule has 14 heavy (non-hydrogen) atoms. The SMILES string of the molecule is Cc1ccc(C(O)CC2CCCC2)o1. The van der Waals surface area contributed by atoms with Crippen LogP contribution in [0.5, 0.6) is 0 Å². The van der Waals surface area contributed by atoms with Crippen LogP contribution in [0.3, 0.4) is 0 Å². The van der Waals surface area contributed by atoms with E-state index in [0.717, 1.165) is 17.9 Å². The molecule has 1 atom stereocenters. The highest BCUT2D eigenvalue weighted by atomic mass is 16.4. The van der Waals surface area contributed by atoms with Crippen LogP contribution in [0.1, 0.15) is 49.7 Å². The van der Waals surface area contributed by atoms with E-state index in [1.807, 2.05) is 19.1 Å². The maximum atomic E-state index is 9.90. The lowest BCUT2D eigenvalue weighted by Crippen LogP contribution is -2.03. The summed E-state index contributed by atoms with van der Waals surface area (Å²) >= 11 is 0. The van der Waals surface area contributed by atoms with Gasteiger partial charge in [0.25, 0.3) is 0 Å². The van der Waals surface area contributed by atoms with Crippen LogP contribution in [-0.2, 0) is 0 Å². The predicted molar refractivity (Wildman–Crippen MR) is 55.0 cm³/mol. The zero-order valence-corrected chi connectivity index (χ0v) is 8.70. The van der Waals surface area contributed by atoms with Gasteiger partial charge in [-0.1, -0.05) is 25.7 Å². The largest absolute Gasteiger partial charge is 0.464 e. The Morgan fingerprint density at radius 1 is 1.43 bits per heavy atom. The average Bonchev–Trinajstić information content (AvgIpc) is 2.75. The van der Waals surface area contributed by atoms with Gasteiger partial charge >= 0.3 is 0 Å². The van der Waals surface area contributed by atoms with Crippen LogP contribution in [0.15, 0.2) is 16.5 Å². The van der Waals surface area contributed by atoms with Crippen LogP contribution in [0, 0.1) is 12.8 Å². The van der Waals surface area contributed by atoms with Crippen molar-refractivity contribution in [2.45, 2.75) is 45.1 Å². The van der Waals surface area contributed by atoms with E-state index >= 15 is 0 Å². The summed E-state index contributed by atoms with van der Waals surface area (Å²) < 4.78 is 5.41. The summed E-state index contributed by atoms with van der Waals surface area (Å²) in [6.45, 7) is 1.91. The molecule has 1 N–H and O–H groups in total. The minimum Gasteiger partial charge on any atom is -0.464 e. The maximum absolute atomic E-state index is 9.90. The fraction of sp³-hybridized carbons (Fsp3) is 0.667. The second kappa shape index (κ2) is 4.18. The van der Waals surface area contributed by atoms with E-state index in [2.05, 4.69) is 0 Å². The van der Waals surface area contributed by atoms with Gasteiger partial charge in [-0.25, -0.2) is 0 Å². The van der Waals surface area contributed by atoms with Crippen LogP contribution >= 0.6 is 0 Å². The molecular formula is C12H18O2. The third-order valence-corrected chi connectivity index (χ3v) is 3.12. The van der Waals surface area contributed by atoms with Gasteiger partial charge < -0.3 is 9.52 Å². The quantitative estimate of drug-likeness (QED) is 0.801. The molecule has 2 nitrogen and oxygen atoms in total. The monoisotopic (exact) mass is 194 g/mol. The van der Waals surface area contributed by atoms with Crippen LogP contribution in [-0.4, -0.2) is 5.11 Å². The van der Waals surface area contributed by atoms with Gasteiger partial charge in [0.05, 0.1) is 0 Å². The summed E-state index contributed by atoms with van der Waals surface area (Å²) in [5.74, 6) is 2.32. The lowest BCUT2D eigenvalue weighted by atomic mass is 9.99. The van der Waals surface area contributed by atoms with Crippen molar-refractivity contribution in [1.29, 1.82) is 0 Å². The second-order valence-electron chi connectivity index (χ2n) is 4.35.